The molecule has 4 saturated carbocycles. The first-order valence-electron chi connectivity index (χ1n) is 13.8. The number of Topliss-reactive ketones (excluding diaryl/α,β-unsaturated/α-hetero) is 1. The highest BCUT2D eigenvalue weighted by molar-refractivity contribution is 5.84. The molecule has 0 saturated heterocycles. The molecule has 6 rings (SSSR count). The maximum Gasteiger partial charge on any atom is 0.573 e. The predicted molar refractivity (Wildman–Crippen MR) is 130 cm³/mol. The van der Waals surface area contributed by atoms with Gasteiger partial charge in [-0.05, 0) is 112 Å². The van der Waals surface area contributed by atoms with Crippen molar-refractivity contribution in [3.63, 3.8) is 0 Å². The van der Waals surface area contributed by atoms with E-state index in [-0.39, 0.29) is 34.9 Å². The molecule has 2 aromatic rings. The summed E-state index contributed by atoms with van der Waals surface area (Å²) in [7, 11) is 0. The Kier molecular flexibility index (Phi) is 5.90. The van der Waals surface area contributed by atoms with Crippen LogP contribution in [0.15, 0.2) is 18.2 Å². The quantitative estimate of drug-likeness (QED) is 0.543. The molecule has 9 heteroatoms. The molecule has 1 unspecified atom stereocenters. The zero-order valence-corrected chi connectivity index (χ0v) is 21.5. The molecule has 0 aliphatic heterocycles. The molecule has 0 amide bonds. The van der Waals surface area contributed by atoms with E-state index < -0.39 is 12.0 Å². The van der Waals surface area contributed by atoms with E-state index in [2.05, 4.69) is 22.0 Å². The average molecular weight is 520 g/mol. The molecule has 4 aliphatic carbocycles. The Morgan fingerprint density at radius 2 is 1.86 bits per heavy atom. The van der Waals surface area contributed by atoms with Crippen LogP contribution in [-0.4, -0.2) is 37.8 Å². The second-order valence-corrected chi connectivity index (χ2v) is 12.8. The number of carbonyl (C=O) groups excluding carboxylic acids is 1. The van der Waals surface area contributed by atoms with Crippen molar-refractivity contribution in [1.82, 2.24) is 15.0 Å². The summed E-state index contributed by atoms with van der Waals surface area (Å²) >= 11 is 0. The number of aromatic nitrogens is 3. The van der Waals surface area contributed by atoms with Gasteiger partial charge in [0.15, 0.2) is 5.78 Å². The summed E-state index contributed by atoms with van der Waals surface area (Å²) in [5.74, 6) is 3.05. The fourth-order valence-corrected chi connectivity index (χ4v) is 9.13. The second kappa shape index (κ2) is 8.68. The van der Waals surface area contributed by atoms with Gasteiger partial charge in [0.05, 0.1) is 11.1 Å². The van der Waals surface area contributed by atoms with Crippen LogP contribution in [0.3, 0.4) is 0 Å². The van der Waals surface area contributed by atoms with Gasteiger partial charge in [0.2, 0.25) is 0 Å². The minimum Gasteiger partial charge on any atom is -0.406 e. The number of nitrogens with zero attached hydrogens (tertiary/aromatic N) is 3. The van der Waals surface area contributed by atoms with Crippen molar-refractivity contribution in [2.75, 3.05) is 0 Å². The largest absolute Gasteiger partial charge is 0.573 e. The maximum atomic E-state index is 13.6. The van der Waals surface area contributed by atoms with Gasteiger partial charge in [0.1, 0.15) is 17.8 Å². The second-order valence-electron chi connectivity index (χ2n) is 12.8. The van der Waals surface area contributed by atoms with E-state index in [0.29, 0.717) is 35.1 Å². The lowest BCUT2D eigenvalue weighted by molar-refractivity contribution is -0.274. The molecule has 37 heavy (non-hydrogen) atoms. The highest BCUT2D eigenvalue weighted by Crippen LogP contribution is 2.64. The zero-order valence-electron chi connectivity index (χ0n) is 21.5. The zero-order chi connectivity index (χ0) is 26.2. The smallest absolute Gasteiger partial charge is 0.406 e. The molecule has 0 spiro atoms. The number of carbonyl (C=O) groups is 1. The number of aliphatic hydroxyl groups is 1. The van der Waals surface area contributed by atoms with Gasteiger partial charge < -0.3 is 9.84 Å². The van der Waals surface area contributed by atoms with Crippen LogP contribution < -0.4 is 4.74 Å². The number of benzene rings is 1. The normalized spacial score (nSPS) is 39.6. The molecule has 0 bridgehead atoms. The highest BCUT2D eigenvalue weighted by Gasteiger charge is 2.58. The van der Waals surface area contributed by atoms with Gasteiger partial charge in [-0.1, -0.05) is 12.1 Å². The first kappa shape index (κ1) is 25.1. The Morgan fingerprint density at radius 1 is 1.08 bits per heavy atom. The van der Waals surface area contributed by atoms with Crippen LogP contribution in [0.25, 0.3) is 11.0 Å². The molecule has 1 heterocycles. The van der Waals surface area contributed by atoms with Gasteiger partial charge in [-0.3, -0.25) is 4.79 Å². The minimum absolute atomic E-state index is 0.0185. The van der Waals surface area contributed by atoms with Crippen molar-refractivity contribution in [1.29, 1.82) is 0 Å². The van der Waals surface area contributed by atoms with Gasteiger partial charge in [-0.15, -0.1) is 18.3 Å². The van der Waals surface area contributed by atoms with Crippen molar-refractivity contribution in [2.24, 2.45) is 40.9 Å². The SMILES string of the molecule is C[C@@]1(O)CCC2[C@H](CC[C@@H]3[C@@H]2CC[C@]2(C)[C@@H](C(=O)Cn4nnc5cc(OC(F)(F)F)ccc54)CC[C@@H]32)C1. The van der Waals surface area contributed by atoms with E-state index in [1.807, 2.05) is 6.92 Å². The summed E-state index contributed by atoms with van der Waals surface area (Å²) in [6.07, 6.45) is 4.78. The third kappa shape index (κ3) is 4.45. The molecule has 202 valence electrons. The Morgan fingerprint density at radius 3 is 2.65 bits per heavy atom. The summed E-state index contributed by atoms with van der Waals surface area (Å²) in [6, 6.07) is 3.91. The van der Waals surface area contributed by atoms with Crippen molar-refractivity contribution in [2.45, 2.75) is 90.1 Å². The van der Waals surface area contributed by atoms with Crippen LogP contribution in [0.2, 0.25) is 0 Å². The van der Waals surface area contributed by atoms with Gasteiger partial charge in [-0.2, -0.15) is 0 Å². The Bertz CT molecular complexity index is 1190. The number of fused-ring (bicyclic) bond motifs is 6. The number of alkyl halides is 3. The summed E-state index contributed by atoms with van der Waals surface area (Å²) in [5.41, 5.74) is 0.266. The van der Waals surface area contributed by atoms with Crippen LogP contribution in [0.4, 0.5) is 13.2 Å². The lowest BCUT2D eigenvalue weighted by atomic mass is 9.49. The molecular formula is C28H36F3N3O3. The number of hydrogen-bond donors (Lipinski definition) is 1. The van der Waals surface area contributed by atoms with Crippen LogP contribution in [0.5, 0.6) is 5.75 Å². The third-order valence-electron chi connectivity index (χ3n) is 10.7. The molecule has 1 aromatic heterocycles. The maximum absolute atomic E-state index is 13.6. The average Bonchev–Trinajstić information content (AvgIpc) is 3.37. The van der Waals surface area contributed by atoms with E-state index in [0.717, 1.165) is 38.5 Å². The van der Waals surface area contributed by atoms with E-state index in [1.54, 1.807) is 0 Å². The van der Waals surface area contributed by atoms with Crippen molar-refractivity contribution in [3.05, 3.63) is 18.2 Å². The number of ketones is 1. The number of rotatable bonds is 4. The van der Waals surface area contributed by atoms with Crippen molar-refractivity contribution < 1.29 is 27.8 Å². The molecule has 1 N–H and O–H groups in total. The Balaban J connectivity index is 1.16. The van der Waals surface area contributed by atoms with Gasteiger partial charge in [0.25, 0.3) is 0 Å². The van der Waals surface area contributed by atoms with Crippen LogP contribution in [0, 0.1) is 40.9 Å². The standard InChI is InChI=1S/C28H36F3N3O3/c1-26(36)11-9-18-16(14-26)3-5-20-19(18)10-12-27(2)21(20)6-7-22(27)25(35)15-34-24-8-4-17(37-28(29,30)31)13-23(24)32-33-34/h4,8,13,16,18-22,36H,3,5-7,9-12,14-15H2,1-2H3/t16-,18?,19-,20-,21+,22-,26-,27+/m1/s1. The molecule has 4 aliphatic rings. The molecular weight excluding hydrogens is 483 g/mol. The molecule has 4 fully saturated rings. The first-order chi connectivity index (χ1) is 17.4. The summed E-state index contributed by atoms with van der Waals surface area (Å²) in [6.45, 7) is 4.40. The molecule has 6 nitrogen and oxygen atoms in total. The molecule has 8 atom stereocenters. The fraction of sp³-hybridized carbons (Fsp3) is 0.750. The van der Waals surface area contributed by atoms with Gasteiger partial charge in [-0.25, -0.2) is 4.68 Å². The molecule has 1 aromatic carbocycles. The van der Waals surface area contributed by atoms with E-state index >= 15 is 0 Å². The van der Waals surface area contributed by atoms with Gasteiger partial charge >= 0.3 is 6.36 Å². The van der Waals surface area contributed by atoms with E-state index in [4.69, 9.17) is 0 Å². The minimum atomic E-state index is -4.78. The third-order valence-corrected chi connectivity index (χ3v) is 10.7. The lowest BCUT2D eigenvalue weighted by Crippen LogP contribution is -2.51. The Hall–Kier alpha value is -2.16. The highest BCUT2D eigenvalue weighted by atomic mass is 19.4. The van der Waals surface area contributed by atoms with Crippen molar-refractivity contribution in [3.8, 4) is 5.75 Å². The number of hydrogen-bond acceptors (Lipinski definition) is 5. The first-order valence-corrected chi connectivity index (χ1v) is 13.8. The molecule has 0 radical (unpaired) electrons. The predicted octanol–water partition coefficient (Wildman–Crippen LogP) is 5.92. The summed E-state index contributed by atoms with van der Waals surface area (Å²) < 4.78 is 43.2. The lowest BCUT2D eigenvalue weighted by Gasteiger charge is -2.56. The fourth-order valence-electron chi connectivity index (χ4n) is 9.13. The van der Waals surface area contributed by atoms with Crippen LogP contribution in [0.1, 0.15) is 71.6 Å². The monoisotopic (exact) mass is 519 g/mol. The van der Waals surface area contributed by atoms with Crippen molar-refractivity contribution >= 4 is 16.8 Å². The van der Waals surface area contributed by atoms with Crippen LogP contribution >= 0.6 is 0 Å². The van der Waals surface area contributed by atoms with E-state index in [9.17, 15) is 23.1 Å². The van der Waals surface area contributed by atoms with E-state index in [1.165, 1.54) is 42.1 Å². The number of halogens is 3. The van der Waals surface area contributed by atoms with Crippen LogP contribution in [-0.2, 0) is 11.3 Å². The van der Waals surface area contributed by atoms with Gasteiger partial charge in [0, 0.05) is 12.0 Å². The summed E-state index contributed by atoms with van der Waals surface area (Å²) in [5, 5.41) is 18.7. The number of ether oxygens (including phenoxy) is 1. The Labute approximate surface area is 214 Å². The topological polar surface area (TPSA) is 77.2 Å². The summed E-state index contributed by atoms with van der Waals surface area (Å²) in [4.78, 5) is 13.6.